The van der Waals surface area contributed by atoms with Gasteiger partial charge in [-0.1, -0.05) is 11.3 Å². The van der Waals surface area contributed by atoms with E-state index in [-0.39, 0.29) is 24.6 Å². The molecule has 2 aromatic heterocycles. The standard InChI is InChI=1S/C12H12N4O3S/c13-11-10(9(19)7-2-1-4-14-6-7)20-12(16-11)15-5-3-8(17)18/h1-2,4,6H,3,5,13H2,(H,15,16)(H,17,18). The molecule has 0 aliphatic heterocycles. The lowest BCUT2D eigenvalue weighted by Crippen LogP contribution is -2.07. The van der Waals surface area contributed by atoms with Gasteiger partial charge in [-0.3, -0.25) is 14.6 Å². The number of carbonyl (C=O) groups excluding carboxylic acids is 1. The Bertz CT molecular complexity index is 627. The van der Waals surface area contributed by atoms with Crippen molar-refractivity contribution in [1.29, 1.82) is 0 Å². The summed E-state index contributed by atoms with van der Waals surface area (Å²) in [7, 11) is 0. The van der Waals surface area contributed by atoms with E-state index in [0.29, 0.717) is 15.6 Å². The van der Waals surface area contributed by atoms with E-state index >= 15 is 0 Å². The van der Waals surface area contributed by atoms with Crippen LogP contribution >= 0.6 is 11.3 Å². The minimum Gasteiger partial charge on any atom is -0.481 e. The maximum atomic E-state index is 12.2. The number of thiazole rings is 1. The van der Waals surface area contributed by atoms with Gasteiger partial charge in [-0.25, -0.2) is 4.98 Å². The second-order valence-corrected chi connectivity index (χ2v) is 4.87. The van der Waals surface area contributed by atoms with Gasteiger partial charge in [-0.2, -0.15) is 0 Å². The molecule has 2 heterocycles. The fourth-order valence-corrected chi connectivity index (χ4v) is 2.35. The molecule has 0 unspecified atom stereocenters. The van der Waals surface area contributed by atoms with Crippen molar-refractivity contribution in [3.63, 3.8) is 0 Å². The molecule has 8 heteroatoms. The number of rotatable bonds is 6. The number of nitrogens with two attached hydrogens (primary N) is 1. The molecule has 0 radical (unpaired) electrons. The number of hydrogen-bond acceptors (Lipinski definition) is 7. The number of nitrogens with one attached hydrogen (secondary N) is 1. The monoisotopic (exact) mass is 292 g/mol. The number of hydrogen-bond donors (Lipinski definition) is 3. The Labute approximate surface area is 118 Å². The number of ketones is 1. The van der Waals surface area contributed by atoms with Crippen LogP contribution in [0.4, 0.5) is 10.9 Å². The molecular weight excluding hydrogens is 280 g/mol. The Morgan fingerprint density at radius 1 is 1.45 bits per heavy atom. The summed E-state index contributed by atoms with van der Waals surface area (Å²) in [6.07, 6.45) is 3.00. The van der Waals surface area contributed by atoms with E-state index in [0.717, 1.165) is 11.3 Å². The predicted molar refractivity (Wildman–Crippen MR) is 74.9 cm³/mol. The molecule has 4 N–H and O–H groups in total. The van der Waals surface area contributed by atoms with Crippen molar-refractivity contribution in [2.45, 2.75) is 6.42 Å². The first-order chi connectivity index (χ1) is 9.58. The Hall–Kier alpha value is -2.48. The molecule has 2 rings (SSSR count). The van der Waals surface area contributed by atoms with Crippen LogP contribution in [0.5, 0.6) is 0 Å². The van der Waals surface area contributed by atoms with E-state index in [2.05, 4.69) is 15.3 Å². The Morgan fingerprint density at radius 2 is 2.25 bits per heavy atom. The first-order valence-corrected chi connectivity index (χ1v) is 6.56. The van der Waals surface area contributed by atoms with Gasteiger partial charge in [-0.05, 0) is 12.1 Å². The van der Waals surface area contributed by atoms with Gasteiger partial charge in [0.1, 0.15) is 10.7 Å². The highest BCUT2D eigenvalue weighted by atomic mass is 32.1. The maximum absolute atomic E-state index is 12.2. The number of anilines is 2. The molecule has 0 bridgehead atoms. The third-order valence-electron chi connectivity index (χ3n) is 2.40. The minimum absolute atomic E-state index is 0.0363. The zero-order chi connectivity index (χ0) is 14.5. The number of nitrogens with zero attached hydrogens (tertiary/aromatic N) is 2. The number of carboxylic acids is 1. The Balaban J connectivity index is 2.11. The quantitative estimate of drug-likeness (QED) is 0.685. The second kappa shape index (κ2) is 6.11. The normalized spacial score (nSPS) is 10.2. The number of carboxylic acid groups (broad SMARTS) is 1. The van der Waals surface area contributed by atoms with Crippen LogP contribution in [0.3, 0.4) is 0 Å². The molecule has 20 heavy (non-hydrogen) atoms. The molecular formula is C12H12N4O3S. The third kappa shape index (κ3) is 3.29. The second-order valence-electron chi connectivity index (χ2n) is 3.87. The summed E-state index contributed by atoms with van der Waals surface area (Å²) in [5.41, 5.74) is 6.14. The summed E-state index contributed by atoms with van der Waals surface area (Å²) >= 11 is 1.10. The first kappa shape index (κ1) is 13.9. The van der Waals surface area contributed by atoms with Gasteiger partial charge < -0.3 is 16.2 Å². The van der Waals surface area contributed by atoms with Crippen LogP contribution in [0.15, 0.2) is 24.5 Å². The smallest absolute Gasteiger partial charge is 0.305 e. The molecule has 7 nitrogen and oxygen atoms in total. The van der Waals surface area contributed by atoms with Crippen molar-refractivity contribution in [3.05, 3.63) is 35.0 Å². The van der Waals surface area contributed by atoms with E-state index in [4.69, 9.17) is 10.8 Å². The van der Waals surface area contributed by atoms with Gasteiger partial charge in [0.15, 0.2) is 5.13 Å². The summed E-state index contributed by atoms with van der Waals surface area (Å²) in [5, 5.41) is 11.8. The predicted octanol–water partition coefficient (Wildman–Crippen LogP) is 1.24. The molecule has 0 saturated heterocycles. The maximum Gasteiger partial charge on any atom is 0.305 e. The molecule has 2 aromatic rings. The molecule has 0 fully saturated rings. The van der Waals surface area contributed by atoms with Gasteiger partial charge in [0.05, 0.1) is 6.42 Å². The van der Waals surface area contributed by atoms with Gasteiger partial charge in [0.25, 0.3) is 0 Å². The van der Waals surface area contributed by atoms with Crippen molar-refractivity contribution in [2.75, 3.05) is 17.6 Å². The molecule has 0 aromatic carbocycles. The van der Waals surface area contributed by atoms with Crippen LogP contribution in [0.1, 0.15) is 21.7 Å². The topological polar surface area (TPSA) is 118 Å². The van der Waals surface area contributed by atoms with Crippen molar-refractivity contribution in [1.82, 2.24) is 9.97 Å². The summed E-state index contributed by atoms with van der Waals surface area (Å²) in [5.74, 6) is -1.03. The van der Waals surface area contributed by atoms with Crippen molar-refractivity contribution >= 4 is 34.0 Å². The summed E-state index contributed by atoms with van der Waals surface area (Å²) in [4.78, 5) is 30.8. The third-order valence-corrected chi connectivity index (χ3v) is 3.43. The Morgan fingerprint density at radius 3 is 2.90 bits per heavy atom. The largest absolute Gasteiger partial charge is 0.481 e. The van der Waals surface area contributed by atoms with Gasteiger partial charge in [0, 0.05) is 24.5 Å². The van der Waals surface area contributed by atoms with E-state index in [1.807, 2.05) is 0 Å². The lowest BCUT2D eigenvalue weighted by Gasteiger charge is -1.98. The van der Waals surface area contributed by atoms with E-state index < -0.39 is 5.97 Å². The average molecular weight is 292 g/mol. The number of aliphatic carboxylic acids is 1. The van der Waals surface area contributed by atoms with E-state index in [1.165, 1.54) is 6.20 Å². The van der Waals surface area contributed by atoms with Gasteiger partial charge in [-0.15, -0.1) is 0 Å². The highest BCUT2D eigenvalue weighted by Gasteiger charge is 2.17. The van der Waals surface area contributed by atoms with Crippen LogP contribution in [-0.4, -0.2) is 33.4 Å². The zero-order valence-corrected chi connectivity index (χ0v) is 11.2. The van der Waals surface area contributed by atoms with Crippen LogP contribution in [0.2, 0.25) is 0 Å². The fraction of sp³-hybridized carbons (Fsp3) is 0.167. The molecule has 0 aliphatic rings. The zero-order valence-electron chi connectivity index (χ0n) is 10.4. The van der Waals surface area contributed by atoms with Gasteiger partial charge in [0.2, 0.25) is 5.78 Å². The first-order valence-electron chi connectivity index (χ1n) is 5.74. The lowest BCUT2D eigenvalue weighted by molar-refractivity contribution is -0.136. The number of carbonyl (C=O) groups is 2. The number of aromatic nitrogens is 2. The fourth-order valence-electron chi connectivity index (χ4n) is 1.47. The van der Waals surface area contributed by atoms with E-state index in [1.54, 1.807) is 18.3 Å². The number of nitrogen functional groups attached to an aromatic ring is 1. The SMILES string of the molecule is Nc1nc(NCCC(=O)O)sc1C(=O)c1cccnc1. The van der Waals surface area contributed by atoms with Crippen LogP contribution in [0.25, 0.3) is 0 Å². The lowest BCUT2D eigenvalue weighted by atomic mass is 10.2. The summed E-state index contributed by atoms with van der Waals surface area (Å²) in [6.45, 7) is 0.225. The molecule has 0 amide bonds. The summed E-state index contributed by atoms with van der Waals surface area (Å²) < 4.78 is 0. The van der Waals surface area contributed by atoms with E-state index in [9.17, 15) is 9.59 Å². The summed E-state index contributed by atoms with van der Waals surface area (Å²) in [6, 6.07) is 3.31. The highest BCUT2D eigenvalue weighted by molar-refractivity contribution is 7.18. The molecule has 104 valence electrons. The van der Waals surface area contributed by atoms with Crippen LogP contribution in [-0.2, 0) is 4.79 Å². The van der Waals surface area contributed by atoms with Crippen molar-refractivity contribution in [2.24, 2.45) is 0 Å². The molecule has 0 atom stereocenters. The molecule has 0 spiro atoms. The number of pyridine rings is 1. The van der Waals surface area contributed by atoms with Crippen molar-refractivity contribution in [3.8, 4) is 0 Å². The van der Waals surface area contributed by atoms with Gasteiger partial charge >= 0.3 is 5.97 Å². The minimum atomic E-state index is -0.909. The average Bonchev–Trinajstić information content (AvgIpc) is 2.79. The van der Waals surface area contributed by atoms with Crippen LogP contribution in [0, 0.1) is 0 Å². The highest BCUT2D eigenvalue weighted by Crippen LogP contribution is 2.27. The molecule has 0 aliphatic carbocycles. The van der Waals surface area contributed by atoms with Crippen LogP contribution < -0.4 is 11.1 Å². The Kier molecular flexibility index (Phi) is 4.26. The molecule has 0 saturated carbocycles. The van der Waals surface area contributed by atoms with Crippen molar-refractivity contribution < 1.29 is 14.7 Å².